The van der Waals surface area contributed by atoms with Gasteiger partial charge < -0.3 is 34.5 Å². The van der Waals surface area contributed by atoms with Crippen molar-refractivity contribution >= 4 is 85.4 Å². The van der Waals surface area contributed by atoms with Gasteiger partial charge in [-0.25, -0.2) is 0 Å². The van der Waals surface area contributed by atoms with Crippen LogP contribution in [0.2, 0.25) is 0 Å². The topological polar surface area (TPSA) is 23.8 Å². The third-order valence-corrected chi connectivity index (χ3v) is 19.0. The minimum Gasteiger partial charge on any atom is -0.418 e. The smallest absolute Gasteiger partial charge is 0.418 e. The quantitative estimate of drug-likeness (QED) is 0.0761. The summed E-state index contributed by atoms with van der Waals surface area (Å²) in [6, 6.07) is 98.5. The number of halogens is 8. The van der Waals surface area contributed by atoms with Gasteiger partial charge in [-0.1, -0.05) is 237 Å². The summed E-state index contributed by atoms with van der Waals surface area (Å²) < 4.78 is 78.0. The maximum atomic E-state index is 9.75. The van der Waals surface area contributed by atoms with E-state index in [4.69, 9.17) is 0 Å². The molecule has 0 radical (unpaired) electrons. The molecular weight excluding hydrogens is 1060 g/mol. The fourth-order valence-electron chi connectivity index (χ4n) is 7.23. The summed E-state index contributed by atoms with van der Waals surface area (Å²) in [7, 11) is -14.8. The summed E-state index contributed by atoms with van der Waals surface area (Å²) in [5, 5.41) is 21.7. The van der Waals surface area contributed by atoms with Gasteiger partial charge in [-0.15, -0.1) is 0 Å². The molecule has 0 atom stereocenters. The Hall–Kier alpha value is -6.01. The van der Waals surface area contributed by atoms with Crippen LogP contribution in [0.25, 0.3) is 0 Å². The molecule has 1 nitrogen and oxygen atoms in total. The molecule has 0 fully saturated rings. The summed E-state index contributed by atoms with van der Waals surface area (Å²) in [6.45, 7) is 0. The molecule has 0 aliphatic rings. The fourth-order valence-corrected chi connectivity index (χ4v) is 15.5. The molecule has 9 aromatic rings. The molecule has 9 rings (SSSR count). The zero-order chi connectivity index (χ0) is 50.1. The van der Waals surface area contributed by atoms with E-state index in [-0.39, 0.29) is 20.4 Å². The van der Waals surface area contributed by atoms with E-state index in [9.17, 15) is 39.8 Å². The second-order valence-corrected chi connectivity index (χ2v) is 22.7. The van der Waals surface area contributed by atoms with Crippen molar-refractivity contribution in [3.63, 3.8) is 0 Å². The molecule has 0 aliphatic heterocycles. The molecule has 0 aromatic heterocycles. The average Bonchev–Trinajstić information content (AvgIpc) is 3.38. The van der Waals surface area contributed by atoms with Gasteiger partial charge in [-0.3, -0.25) is 0 Å². The van der Waals surface area contributed by atoms with Gasteiger partial charge >= 0.3 is 34.9 Å². The Bertz CT molecular complexity index is 2420. The van der Waals surface area contributed by atoms with E-state index >= 15 is 0 Å². The predicted molar refractivity (Wildman–Crippen MR) is 286 cm³/mol. The van der Waals surface area contributed by atoms with Gasteiger partial charge in [0.15, 0.2) is 6.16 Å². The van der Waals surface area contributed by atoms with E-state index in [0.29, 0.717) is 6.16 Å². The monoisotopic (exact) mass is 1110 g/mol. The molecule has 71 heavy (non-hydrogen) atoms. The Morgan fingerprint density at radius 3 is 0.577 bits per heavy atom. The van der Waals surface area contributed by atoms with Crippen LogP contribution in [0.4, 0.5) is 34.5 Å². The number of hydrogen-bond donors (Lipinski definition) is 0. The van der Waals surface area contributed by atoms with Gasteiger partial charge in [-0.05, 0) is 84.1 Å². The summed E-state index contributed by atoms with van der Waals surface area (Å²) in [5.41, 5.74) is 0. The van der Waals surface area contributed by atoms with E-state index in [1.807, 2.05) is 18.2 Å². The Morgan fingerprint density at radius 1 is 0.296 bits per heavy atom. The number of rotatable bonds is 10. The van der Waals surface area contributed by atoms with Crippen molar-refractivity contribution in [2.75, 3.05) is 6.16 Å². The Morgan fingerprint density at radius 2 is 0.437 bits per heavy atom. The van der Waals surface area contributed by atoms with E-state index in [1.54, 1.807) is 0 Å². The van der Waals surface area contributed by atoms with Gasteiger partial charge in [0.2, 0.25) is 0 Å². The first-order valence-corrected chi connectivity index (χ1v) is 26.5. The SMILES string of the molecule is F[B-](F)(F)F.F[B-](F)(F)F.N#CC[P+](c1ccccc1)(c1ccccc1)c1ccccc1.[Pd+2].c1ccc(P(c2ccccc2)c2ccccc2)cc1.c1ccc(P(c2ccccc2)c2ccccc2)cc1. The molecule has 9 aromatic carbocycles. The maximum absolute atomic E-state index is 9.75. The molecule has 0 amide bonds. The van der Waals surface area contributed by atoms with Gasteiger partial charge in [0, 0.05) is 0 Å². The van der Waals surface area contributed by atoms with Crippen LogP contribution in [0, 0.1) is 11.3 Å². The molecule has 0 aliphatic carbocycles. The number of hydrogen-bond acceptors (Lipinski definition) is 1. The molecule has 0 saturated carbocycles. The first-order valence-electron chi connectivity index (χ1n) is 21.8. The molecule has 0 heterocycles. The third kappa shape index (κ3) is 19.6. The van der Waals surface area contributed by atoms with Crippen molar-refractivity contribution < 1.29 is 54.9 Å². The number of benzene rings is 9. The number of nitrogens with zero attached hydrogens (tertiary/aromatic N) is 1. The van der Waals surface area contributed by atoms with Crippen LogP contribution in [0.1, 0.15) is 0 Å². The van der Waals surface area contributed by atoms with Crippen molar-refractivity contribution in [3.8, 4) is 6.07 Å². The second-order valence-electron chi connectivity index (χ2n) is 14.8. The predicted octanol–water partition coefficient (Wildman–Crippen LogP) is 13.0. The van der Waals surface area contributed by atoms with Crippen LogP contribution in [0.5, 0.6) is 0 Å². The van der Waals surface area contributed by atoms with E-state index in [1.165, 1.54) is 47.7 Å². The zero-order valence-corrected chi connectivity index (χ0v) is 42.2. The van der Waals surface area contributed by atoms with Gasteiger partial charge in [-0.2, -0.15) is 5.26 Å². The zero-order valence-electron chi connectivity index (χ0n) is 38.0. The van der Waals surface area contributed by atoms with Gasteiger partial charge in [0.25, 0.3) is 0 Å². The van der Waals surface area contributed by atoms with Crippen molar-refractivity contribution in [1.82, 2.24) is 0 Å². The van der Waals surface area contributed by atoms with Crippen molar-refractivity contribution in [2.45, 2.75) is 0 Å². The molecule has 0 spiro atoms. The molecule has 0 saturated heterocycles. The first-order chi connectivity index (χ1) is 33.8. The largest absolute Gasteiger partial charge is 2.00 e. The van der Waals surface area contributed by atoms with E-state index in [0.717, 1.165) is 0 Å². The summed E-state index contributed by atoms with van der Waals surface area (Å²) in [6.07, 6.45) is 0.519. The van der Waals surface area contributed by atoms with Gasteiger partial charge in [0.1, 0.15) is 29.2 Å². The fraction of sp³-hybridized carbons (Fsp3) is 0.0179. The van der Waals surface area contributed by atoms with E-state index < -0.39 is 37.6 Å². The van der Waals surface area contributed by atoms with Crippen LogP contribution in [0.3, 0.4) is 0 Å². The summed E-state index contributed by atoms with van der Waals surface area (Å²) in [5.74, 6) is 0. The average molecular weight is 1110 g/mol. The molecule has 15 heteroatoms. The van der Waals surface area contributed by atoms with Gasteiger partial charge in [0.05, 0.1) is 0 Å². The molecule has 0 bridgehead atoms. The molecule has 0 unspecified atom stereocenters. The Labute approximate surface area is 428 Å². The minimum absolute atomic E-state index is 0. The van der Waals surface area contributed by atoms with Crippen molar-refractivity contribution in [1.29, 1.82) is 5.26 Å². The standard InChI is InChI=1S/C20H17NP.2C18H15P.2BF4.Pd/c21-16-17-22(18-10-4-1-5-11-18,19-12-6-2-7-13-19)20-14-8-3-9-15-20;2*1-4-10-16(11-5-1)19(17-12-6-2-7-13-17)18-14-8-3-9-15-18;2*2-1(3,4)5;/h1-15H,17H2;2*1-15H;;;/q+1;;;2*-1;+2. The summed E-state index contributed by atoms with van der Waals surface area (Å²) in [4.78, 5) is 0. The second kappa shape index (κ2) is 30.0. The molecule has 0 N–H and O–H groups in total. The minimum atomic E-state index is -6.00. The number of nitriles is 1. The summed E-state index contributed by atoms with van der Waals surface area (Å²) >= 11 is 0. The van der Waals surface area contributed by atoms with Crippen LogP contribution < -0.4 is 47.7 Å². The molecule has 362 valence electrons. The Balaban J connectivity index is 0.000000210. The van der Waals surface area contributed by atoms with Crippen LogP contribution >= 0.6 is 23.1 Å². The Kier molecular flexibility index (Phi) is 24.3. The van der Waals surface area contributed by atoms with Crippen molar-refractivity contribution in [3.05, 3.63) is 273 Å². The first kappa shape index (κ1) is 57.6. The van der Waals surface area contributed by atoms with Crippen LogP contribution in [-0.4, -0.2) is 20.7 Å². The maximum Gasteiger partial charge on any atom is 2.00 e. The molecular formula is C56H47B2F8NP3Pd+. The van der Waals surface area contributed by atoms with Crippen LogP contribution in [-0.2, 0) is 20.4 Å². The van der Waals surface area contributed by atoms with E-state index in [2.05, 4.69) is 261 Å². The van der Waals surface area contributed by atoms with Crippen LogP contribution in [0.15, 0.2) is 273 Å². The normalized spacial score (nSPS) is 10.7. The third-order valence-electron chi connectivity index (χ3n) is 9.99. The van der Waals surface area contributed by atoms with Crippen molar-refractivity contribution in [2.24, 2.45) is 0 Å².